The predicted octanol–water partition coefficient (Wildman–Crippen LogP) is 1.39. The van der Waals surface area contributed by atoms with Gasteiger partial charge < -0.3 is 10.6 Å². The maximum atomic E-state index is 11.8. The number of carbonyl (C=O) groups is 1. The first-order valence-electron chi connectivity index (χ1n) is 5.37. The molecule has 1 heterocycles. The van der Waals surface area contributed by atoms with Gasteiger partial charge in [0, 0.05) is 18.3 Å². The lowest BCUT2D eigenvalue weighted by Gasteiger charge is -2.18. The lowest BCUT2D eigenvalue weighted by molar-refractivity contribution is -0.131. The molecule has 0 aliphatic carbocycles. The van der Waals surface area contributed by atoms with Gasteiger partial charge in [-0.05, 0) is 19.4 Å². The van der Waals surface area contributed by atoms with Gasteiger partial charge in [0.2, 0.25) is 5.91 Å². The molecule has 0 bridgehead atoms. The number of thiazole rings is 1. The monoisotopic (exact) mass is 241 g/mol. The van der Waals surface area contributed by atoms with Crippen LogP contribution in [0.4, 0.5) is 0 Å². The molecule has 0 aliphatic rings. The van der Waals surface area contributed by atoms with Gasteiger partial charge in [-0.2, -0.15) is 0 Å². The zero-order valence-corrected chi connectivity index (χ0v) is 10.9. The summed E-state index contributed by atoms with van der Waals surface area (Å²) < 4.78 is 0. The van der Waals surface area contributed by atoms with E-state index < -0.39 is 0 Å². The number of hydrogen-bond donors (Lipinski definition) is 1. The molecule has 90 valence electrons. The Balaban J connectivity index is 2.49. The molecule has 5 heteroatoms. The third-order valence-electron chi connectivity index (χ3n) is 2.58. The third-order valence-corrected chi connectivity index (χ3v) is 3.50. The Labute approximate surface area is 100 Å². The van der Waals surface area contributed by atoms with Crippen LogP contribution < -0.4 is 5.73 Å². The van der Waals surface area contributed by atoms with E-state index in [2.05, 4.69) is 4.98 Å². The van der Waals surface area contributed by atoms with Gasteiger partial charge in [0.25, 0.3) is 0 Å². The van der Waals surface area contributed by atoms with Gasteiger partial charge >= 0.3 is 0 Å². The highest BCUT2D eigenvalue weighted by Gasteiger charge is 2.14. The van der Waals surface area contributed by atoms with E-state index in [1.165, 1.54) is 0 Å². The molecule has 0 fully saturated rings. The molecule has 1 aromatic rings. The zero-order valence-electron chi connectivity index (χ0n) is 10.1. The van der Waals surface area contributed by atoms with Crippen molar-refractivity contribution in [2.24, 2.45) is 11.7 Å². The van der Waals surface area contributed by atoms with Crippen LogP contribution in [-0.2, 0) is 11.3 Å². The Hall–Kier alpha value is -0.940. The summed E-state index contributed by atoms with van der Waals surface area (Å²) in [6.07, 6.45) is 0.519. The highest BCUT2D eigenvalue weighted by atomic mass is 32.1. The highest BCUT2D eigenvalue weighted by Crippen LogP contribution is 2.15. The first kappa shape index (κ1) is 13.1. The molecule has 1 amide bonds. The number of rotatable bonds is 5. The van der Waals surface area contributed by atoms with Gasteiger partial charge in [0.15, 0.2) is 0 Å². The van der Waals surface area contributed by atoms with Crippen LogP contribution in [0.15, 0.2) is 5.51 Å². The molecule has 16 heavy (non-hydrogen) atoms. The largest absolute Gasteiger partial charge is 0.341 e. The van der Waals surface area contributed by atoms with Crippen LogP contribution in [0.5, 0.6) is 0 Å². The van der Waals surface area contributed by atoms with E-state index in [0.717, 1.165) is 10.6 Å². The second kappa shape index (κ2) is 5.96. The van der Waals surface area contributed by atoms with Crippen molar-refractivity contribution in [1.82, 2.24) is 9.88 Å². The molecule has 4 nitrogen and oxygen atoms in total. The van der Waals surface area contributed by atoms with E-state index in [1.54, 1.807) is 16.2 Å². The van der Waals surface area contributed by atoms with Crippen molar-refractivity contribution in [1.29, 1.82) is 0 Å². The Morgan fingerprint density at radius 3 is 2.88 bits per heavy atom. The topological polar surface area (TPSA) is 59.2 Å². The number of nitrogens with zero attached hydrogens (tertiary/aromatic N) is 2. The first-order valence-corrected chi connectivity index (χ1v) is 6.25. The molecule has 0 saturated heterocycles. The quantitative estimate of drug-likeness (QED) is 0.847. The van der Waals surface area contributed by atoms with E-state index in [9.17, 15) is 4.79 Å². The Kier molecular flexibility index (Phi) is 4.89. The van der Waals surface area contributed by atoms with Crippen LogP contribution in [0.3, 0.4) is 0 Å². The summed E-state index contributed by atoms with van der Waals surface area (Å²) in [4.78, 5) is 18.9. The van der Waals surface area contributed by atoms with Crippen molar-refractivity contribution in [3.63, 3.8) is 0 Å². The highest BCUT2D eigenvalue weighted by molar-refractivity contribution is 7.09. The van der Waals surface area contributed by atoms with Crippen LogP contribution in [0, 0.1) is 12.8 Å². The molecule has 0 aliphatic heterocycles. The van der Waals surface area contributed by atoms with E-state index >= 15 is 0 Å². The van der Waals surface area contributed by atoms with Crippen LogP contribution in [0.25, 0.3) is 0 Å². The standard InChI is InChI=1S/C11H19N3OS/c1-8(5-12)4-11(15)14(3)6-10-9(2)13-7-16-10/h7-8H,4-6,12H2,1-3H3. The zero-order chi connectivity index (χ0) is 12.1. The van der Waals surface area contributed by atoms with Crippen LogP contribution >= 0.6 is 11.3 Å². The fourth-order valence-corrected chi connectivity index (χ4v) is 2.15. The number of nitrogens with two attached hydrogens (primary N) is 1. The Bertz CT molecular complexity index is 351. The SMILES string of the molecule is Cc1ncsc1CN(C)C(=O)CC(C)CN. The number of aromatic nitrogens is 1. The van der Waals surface area contributed by atoms with Crippen molar-refractivity contribution >= 4 is 17.2 Å². The van der Waals surface area contributed by atoms with E-state index in [4.69, 9.17) is 5.73 Å². The number of amides is 1. The fourth-order valence-electron chi connectivity index (χ4n) is 1.32. The van der Waals surface area contributed by atoms with E-state index in [-0.39, 0.29) is 11.8 Å². The van der Waals surface area contributed by atoms with Gasteiger partial charge in [-0.3, -0.25) is 4.79 Å². The summed E-state index contributed by atoms with van der Waals surface area (Å²) >= 11 is 1.59. The van der Waals surface area contributed by atoms with Gasteiger partial charge in [-0.1, -0.05) is 6.92 Å². The van der Waals surface area contributed by atoms with Crippen molar-refractivity contribution < 1.29 is 4.79 Å². The lowest BCUT2D eigenvalue weighted by Crippen LogP contribution is -2.29. The fraction of sp³-hybridized carbons (Fsp3) is 0.636. The summed E-state index contributed by atoms with van der Waals surface area (Å²) in [5, 5.41) is 0. The Morgan fingerprint density at radius 2 is 2.38 bits per heavy atom. The molecule has 0 aromatic carbocycles. The first-order chi connectivity index (χ1) is 7.54. The van der Waals surface area contributed by atoms with Crippen LogP contribution in [-0.4, -0.2) is 29.4 Å². The normalized spacial score (nSPS) is 12.5. The lowest BCUT2D eigenvalue weighted by atomic mass is 10.1. The van der Waals surface area contributed by atoms with E-state index in [0.29, 0.717) is 19.5 Å². The smallest absolute Gasteiger partial charge is 0.222 e. The summed E-state index contributed by atoms with van der Waals surface area (Å²) in [5.74, 6) is 0.392. The summed E-state index contributed by atoms with van der Waals surface area (Å²) in [6.45, 7) is 5.15. The number of hydrogen-bond acceptors (Lipinski definition) is 4. The maximum absolute atomic E-state index is 11.8. The predicted molar refractivity (Wildman–Crippen MR) is 66.2 cm³/mol. The third kappa shape index (κ3) is 3.57. The minimum atomic E-state index is 0.144. The maximum Gasteiger partial charge on any atom is 0.222 e. The summed E-state index contributed by atoms with van der Waals surface area (Å²) in [7, 11) is 1.82. The molecule has 1 unspecified atom stereocenters. The Morgan fingerprint density at radius 1 is 1.69 bits per heavy atom. The van der Waals surface area contributed by atoms with Crippen LogP contribution in [0.1, 0.15) is 23.9 Å². The average Bonchev–Trinajstić information content (AvgIpc) is 2.64. The molecule has 1 rings (SSSR count). The van der Waals surface area contributed by atoms with Crippen molar-refractivity contribution in [2.45, 2.75) is 26.8 Å². The molecule has 0 saturated carbocycles. The van der Waals surface area contributed by atoms with Crippen molar-refractivity contribution in [2.75, 3.05) is 13.6 Å². The minimum Gasteiger partial charge on any atom is -0.341 e. The second-order valence-electron chi connectivity index (χ2n) is 4.16. The van der Waals surface area contributed by atoms with Gasteiger partial charge in [-0.25, -0.2) is 4.98 Å². The number of carbonyl (C=O) groups excluding carboxylic acids is 1. The summed E-state index contributed by atoms with van der Waals surface area (Å²) in [5.41, 5.74) is 8.32. The van der Waals surface area contributed by atoms with Crippen molar-refractivity contribution in [3.05, 3.63) is 16.1 Å². The molecule has 0 radical (unpaired) electrons. The average molecular weight is 241 g/mol. The van der Waals surface area contributed by atoms with E-state index in [1.807, 2.05) is 26.4 Å². The van der Waals surface area contributed by atoms with Crippen LogP contribution in [0.2, 0.25) is 0 Å². The van der Waals surface area contributed by atoms with Gasteiger partial charge in [0.1, 0.15) is 0 Å². The molecule has 1 aromatic heterocycles. The molecule has 1 atom stereocenters. The minimum absolute atomic E-state index is 0.144. The molecular weight excluding hydrogens is 222 g/mol. The van der Waals surface area contributed by atoms with Gasteiger partial charge in [-0.15, -0.1) is 11.3 Å². The van der Waals surface area contributed by atoms with Gasteiger partial charge in [0.05, 0.1) is 17.7 Å². The second-order valence-corrected chi connectivity index (χ2v) is 5.10. The van der Waals surface area contributed by atoms with Crippen molar-refractivity contribution in [3.8, 4) is 0 Å². The number of aryl methyl sites for hydroxylation is 1. The molecule has 2 N–H and O–H groups in total. The summed E-state index contributed by atoms with van der Waals surface area (Å²) in [6, 6.07) is 0. The molecular formula is C11H19N3OS. The molecule has 0 spiro atoms.